The molecule has 2 aromatic rings. The Morgan fingerprint density at radius 3 is 2.70 bits per heavy atom. The lowest BCUT2D eigenvalue weighted by Crippen LogP contribution is -1.99. The average Bonchev–Trinajstić information content (AvgIpc) is 3.05. The molecule has 0 radical (unpaired) electrons. The summed E-state index contributed by atoms with van der Waals surface area (Å²) in [6, 6.07) is 7.98. The molecule has 0 unspecified atom stereocenters. The third-order valence-corrected chi connectivity index (χ3v) is 5.03. The zero-order valence-corrected chi connectivity index (χ0v) is 14.0. The topological polar surface area (TPSA) is 17.8 Å². The van der Waals surface area contributed by atoms with Gasteiger partial charge in [0.2, 0.25) is 0 Å². The molecule has 3 rings (SSSR count). The van der Waals surface area contributed by atoms with E-state index in [0.717, 1.165) is 21.4 Å². The maximum atomic E-state index is 6.50. The van der Waals surface area contributed by atoms with E-state index in [1.165, 1.54) is 25.7 Å². The molecule has 0 atom stereocenters. The van der Waals surface area contributed by atoms with E-state index in [1.54, 1.807) is 4.68 Å². The summed E-state index contributed by atoms with van der Waals surface area (Å²) in [7, 11) is 0. The molecule has 1 aromatic heterocycles. The SMILES string of the molecule is ClCc1c(C2CCCC2)nn(-c2cccc(Br)c2)c1Cl. The number of aromatic nitrogens is 2. The smallest absolute Gasteiger partial charge is 0.137 e. The highest BCUT2D eigenvalue weighted by atomic mass is 79.9. The number of nitrogens with zero attached hydrogens (tertiary/aromatic N) is 2. The van der Waals surface area contributed by atoms with Crippen molar-refractivity contribution in [2.24, 2.45) is 0 Å². The van der Waals surface area contributed by atoms with Crippen molar-refractivity contribution in [1.29, 1.82) is 0 Å². The van der Waals surface area contributed by atoms with Gasteiger partial charge >= 0.3 is 0 Å². The van der Waals surface area contributed by atoms with Gasteiger partial charge in [0, 0.05) is 16.0 Å². The van der Waals surface area contributed by atoms with Crippen LogP contribution in [0.1, 0.15) is 42.9 Å². The molecule has 0 aliphatic heterocycles. The lowest BCUT2D eigenvalue weighted by atomic mass is 10.0. The van der Waals surface area contributed by atoms with Gasteiger partial charge in [-0.25, -0.2) is 4.68 Å². The number of alkyl halides is 1. The molecule has 0 bridgehead atoms. The molecule has 0 N–H and O–H groups in total. The first-order chi connectivity index (χ1) is 9.70. The monoisotopic (exact) mass is 372 g/mol. The molecule has 0 saturated heterocycles. The normalized spacial score (nSPS) is 15.9. The molecule has 5 heteroatoms. The standard InChI is InChI=1S/C15H15BrCl2N2/c16-11-6-3-7-12(8-11)20-15(18)13(9-17)14(19-20)10-4-1-2-5-10/h3,6-8,10H,1-2,4-5,9H2. The fraction of sp³-hybridized carbons (Fsp3) is 0.400. The largest absolute Gasteiger partial charge is 0.222 e. The average molecular weight is 374 g/mol. The maximum absolute atomic E-state index is 6.50. The van der Waals surface area contributed by atoms with Crippen LogP contribution in [-0.2, 0) is 5.88 Å². The molecule has 1 fully saturated rings. The van der Waals surface area contributed by atoms with Crippen LogP contribution in [0, 0.1) is 0 Å². The molecule has 106 valence electrons. The molecular formula is C15H15BrCl2N2. The van der Waals surface area contributed by atoms with Crippen LogP contribution >= 0.6 is 39.1 Å². The number of benzene rings is 1. The summed E-state index contributed by atoms with van der Waals surface area (Å²) in [6.45, 7) is 0. The highest BCUT2D eigenvalue weighted by molar-refractivity contribution is 9.10. The second kappa shape index (κ2) is 6.08. The van der Waals surface area contributed by atoms with Gasteiger partial charge in [-0.15, -0.1) is 11.6 Å². The maximum Gasteiger partial charge on any atom is 0.137 e. The predicted molar refractivity (Wildman–Crippen MR) is 87.0 cm³/mol. The molecule has 1 aliphatic carbocycles. The van der Waals surface area contributed by atoms with Crippen molar-refractivity contribution in [2.75, 3.05) is 0 Å². The van der Waals surface area contributed by atoms with Crippen LogP contribution in [0.15, 0.2) is 28.7 Å². The van der Waals surface area contributed by atoms with E-state index in [2.05, 4.69) is 15.9 Å². The fourth-order valence-corrected chi connectivity index (χ4v) is 3.89. The molecule has 2 nitrogen and oxygen atoms in total. The Kier molecular flexibility index (Phi) is 4.39. The van der Waals surface area contributed by atoms with Crippen LogP contribution < -0.4 is 0 Å². The van der Waals surface area contributed by atoms with Crippen LogP contribution in [0.5, 0.6) is 0 Å². The van der Waals surface area contributed by atoms with Gasteiger partial charge in [-0.1, -0.05) is 46.4 Å². The first-order valence-electron chi connectivity index (χ1n) is 6.80. The minimum Gasteiger partial charge on any atom is -0.222 e. The first-order valence-corrected chi connectivity index (χ1v) is 8.50. The summed E-state index contributed by atoms with van der Waals surface area (Å²) < 4.78 is 2.81. The zero-order valence-electron chi connectivity index (χ0n) is 11.0. The Bertz CT molecular complexity index is 618. The summed E-state index contributed by atoms with van der Waals surface area (Å²) in [5, 5.41) is 5.39. The van der Waals surface area contributed by atoms with Crippen molar-refractivity contribution >= 4 is 39.1 Å². The minimum atomic E-state index is 0.415. The minimum absolute atomic E-state index is 0.415. The summed E-state index contributed by atoms with van der Waals surface area (Å²) in [5.41, 5.74) is 3.03. The fourth-order valence-electron chi connectivity index (χ4n) is 2.88. The number of hydrogen-bond donors (Lipinski definition) is 0. The van der Waals surface area contributed by atoms with Crippen LogP contribution in [0.25, 0.3) is 5.69 Å². The van der Waals surface area contributed by atoms with Gasteiger partial charge in [0.05, 0.1) is 17.3 Å². The van der Waals surface area contributed by atoms with E-state index in [1.807, 2.05) is 24.3 Å². The molecular weight excluding hydrogens is 359 g/mol. The van der Waals surface area contributed by atoms with Gasteiger partial charge in [-0.2, -0.15) is 5.10 Å². The second-order valence-corrected chi connectivity index (χ2v) is 6.70. The lowest BCUT2D eigenvalue weighted by Gasteiger charge is -2.06. The number of halogens is 3. The molecule has 20 heavy (non-hydrogen) atoms. The van der Waals surface area contributed by atoms with Crippen molar-refractivity contribution < 1.29 is 0 Å². The van der Waals surface area contributed by atoms with E-state index in [9.17, 15) is 0 Å². The third kappa shape index (κ3) is 2.63. The zero-order chi connectivity index (χ0) is 14.1. The third-order valence-electron chi connectivity index (χ3n) is 3.88. The van der Waals surface area contributed by atoms with E-state index in [4.69, 9.17) is 28.3 Å². The van der Waals surface area contributed by atoms with Crippen LogP contribution in [0.3, 0.4) is 0 Å². The Labute approximate surface area is 137 Å². The van der Waals surface area contributed by atoms with Crippen molar-refractivity contribution in [3.63, 3.8) is 0 Å². The highest BCUT2D eigenvalue weighted by Crippen LogP contribution is 2.38. The highest BCUT2D eigenvalue weighted by Gasteiger charge is 2.26. The number of hydrogen-bond acceptors (Lipinski definition) is 1. The molecule has 1 aromatic carbocycles. The van der Waals surface area contributed by atoms with Crippen molar-refractivity contribution in [2.45, 2.75) is 37.5 Å². The van der Waals surface area contributed by atoms with Gasteiger partial charge in [-0.3, -0.25) is 0 Å². The van der Waals surface area contributed by atoms with Crippen LogP contribution in [0.4, 0.5) is 0 Å². The number of rotatable bonds is 3. The molecule has 0 amide bonds. The summed E-state index contributed by atoms with van der Waals surface area (Å²) in [5.74, 6) is 0.924. The predicted octanol–water partition coefficient (Wildman–Crippen LogP) is 5.68. The Hall–Kier alpha value is -0.510. The van der Waals surface area contributed by atoms with Gasteiger partial charge in [0.25, 0.3) is 0 Å². The van der Waals surface area contributed by atoms with Crippen molar-refractivity contribution in [1.82, 2.24) is 9.78 Å². The van der Waals surface area contributed by atoms with E-state index >= 15 is 0 Å². The Balaban J connectivity index is 2.08. The second-order valence-electron chi connectivity index (χ2n) is 5.16. The molecule has 1 aliphatic rings. The van der Waals surface area contributed by atoms with Crippen LogP contribution in [0.2, 0.25) is 5.15 Å². The summed E-state index contributed by atoms with van der Waals surface area (Å²) in [6.07, 6.45) is 4.92. The van der Waals surface area contributed by atoms with Gasteiger partial charge in [-0.05, 0) is 31.0 Å². The summed E-state index contributed by atoms with van der Waals surface area (Å²) in [4.78, 5) is 0. The Morgan fingerprint density at radius 1 is 1.30 bits per heavy atom. The molecule has 1 heterocycles. The summed E-state index contributed by atoms with van der Waals surface area (Å²) >= 11 is 16.1. The van der Waals surface area contributed by atoms with Crippen molar-refractivity contribution in [3.05, 3.63) is 45.1 Å². The van der Waals surface area contributed by atoms with Crippen molar-refractivity contribution in [3.8, 4) is 5.69 Å². The molecule has 1 saturated carbocycles. The van der Waals surface area contributed by atoms with Gasteiger partial charge in [0.15, 0.2) is 0 Å². The Morgan fingerprint density at radius 2 is 2.05 bits per heavy atom. The first kappa shape index (κ1) is 14.4. The quantitative estimate of drug-likeness (QED) is 0.632. The van der Waals surface area contributed by atoms with E-state index < -0.39 is 0 Å². The van der Waals surface area contributed by atoms with Gasteiger partial charge in [0.1, 0.15) is 5.15 Å². The lowest BCUT2D eigenvalue weighted by molar-refractivity contribution is 0.675. The van der Waals surface area contributed by atoms with Crippen LogP contribution in [-0.4, -0.2) is 9.78 Å². The van der Waals surface area contributed by atoms with E-state index in [-0.39, 0.29) is 0 Å². The molecule has 0 spiro atoms. The van der Waals surface area contributed by atoms with Gasteiger partial charge < -0.3 is 0 Å². The van der Waals surface area contributed by atoms with E-state index in [0.29, 0.717) is 17.0 Å².